The van der Waals surface area contributed by atoms with Crippen LogP contribution in [0, 0.1) is 12.8 Å². The van der Waals surface area contributed by atoms with E-state index >= 15 is 0 Å². The summed E-state index contributed by atoms with van der Waals surface area (Å²) < 4.78 is 5.58. The maximum atomic E-state index is 5.58. The van der Waals surface area contributed by atoms with Gasteiger partial charge in [-0.05, 0) is 45.1 Å². The molecule has 0 spiro atoms. The molecule has 0 bridgehead atoms. The van der Waals surface area contributed by atoms with Gasteiger partial charge in [0.25, 0.3) is 0 Å². The molecule has 0 aliphatic heterocycles. The zero-order valence-electron chi connectivity index (χ0n) is 10.6. The largest absolute Gasteiger partial charge is 0.381 e. The van der Waals surface area contributed by atoms with E-state index in [2.05, 4.69) is 17.2 Å². The van der Waals surface area contributed by atoms with Crippen molar-refractivity contribution in [2.75, 3.05) is 26.3 Å². The monoisotopic (exact) mass is 254 g/mol. The first-order chi connectivity index (χ1) is 8.36. The standard InChI is InChI=1S/C13H22N2OS/c1-11-13(17-10-15-11)5-7-14-6-2-8-16-9-12-3-4-12/h10,12,14H,2-9H2,1H3. The van der Waals surface area contributed by atoms with E-state index in [0.29, 0.717) is 0 Å². The van der Waals surface area contributed by atoms with Crippen LogP contribution in [-0.4, -0.2) is 31.3 Å². The Balaban J connectivity index is 1.39. The first-order valence-corrected chi connectivity index (χ1v) is 7.41. The quantitative estimate of drug-likeness (QED) is 0.687. The van der Waals surface area contributed by atoms with Crippen molar-refractivity contribution in [3.05, 3.63) is 16.1 Å². The average Bonchev–Trinajstić information content (AvgIpc) is 3.06. The number of hydrogen-bond donors (Lipinski definition) is 1. The summed E-state index contributed by atoms with van der Waals surface area (Å²) in [6.45, 7) is 6.08. The highest BCUT2D eigenvalue weighted by atomic mass is 32.1. The number of rotatable bonds is 9. The predicted octanol–water partition coefficient (Wildman–Crippen LogP) is 2.40. The molecule has 17 heavy (non-hydrogen) atoms. The molecule has 1 aromatic rings. The van der Waals surface area contributed by atoms with Gasteiger partial charge in [0.2, 0.25) is 0 Å². The molecule has 0 aromatic carbocycles. The maximum Gasteiger partial charge on any atom is 0.0797 e. The van der Waals surface area contributed by atoms with Crippen LogP contribution in [0.1, 0.15) is 29.8 Å². The molecular formula is C13H22N2OS. The Morgan fingerprint density at radius 3 is 3.06 bits per heavy atom. The molecule has 0 unspecified atom stereocenters. The minimum Gasteiger partial charge on any atom is -0.381 e. The summed E-state index contributed by atoms with van der Waals surface area (Å²) in [5.74, 6) is 0.886. The van der Waals surface area contributed by atoms with Crippen LogP contribution in [0.3, 0.4) is 0 Å². The molecule has 0 radical (unpaired) electrons. The number of nitrogens with zero attached hydrogens (tertiary/aromatic N) is 1. The fourth-order valence-electron chi connectivity index (χ4n) is 1.73. The zero-order valence-corrected chi connectivity index (χ0v) is 11.4. The summed E-state index contributed by atoms with van der Waals surface area (Å²) in [5.41, 5.74) is 3.11. The van der Waals surface area contributed by atoms with Crippen molar-refractivity contribution >= 4 is 11.3 Å². The molecule has 96 valence electrons. The smallest absolute Gasteiger partial charge is 0.0797 e. The van der Waals surface area contributed by atoms with E-state index in [0.717, 1.165) is 45.1 Å². The van der Waals surface area contributed by atoms with Gasteiger partial charge in [0, 0.05) is 24.6 Å². The van der Waals surface area contributed by atoms with Gasteiger partial charge < -0.3 is 10.1 Å². The van der Waals surface area contributed by atoms with Crippen molar-refractivity contribution in [2.45, 2.75) is 32.6 Å². The molecule has 1 N–H and O–H groups in total. The van der Waals surface area contributed by atoms with Crippen molar-refractivity contribution in [3.8, 4) is 0 Å². The van der Waals surface area contributed by atoms with Crippen LogP contribution in [-0.2, 0) is 11.2 Å². The van der Waals surface area contributed by atoms with E-state index in [4.69, 9.17) is 4.74 Å². The molecular weight excluding hydrogens is 232 g/mol. The van der Waals surface area contributed by atoms with E-state index in [1.165, 1.54) is 23.4 Å². The van der Waals surface area contributed by atoms with Crippen molar-refractivity contribution in [1.29, 1.82) is 0 Å². The summed E-state index contributed by atoms with van der Waals surface area (Å²) >= 11 is 1.76. The molecule has 0 amide bonds. The van der Waals surface area contributed by atoms with Crippen LogP contribution in [0.5, 0.6) is 0 Å². The van der Waals surface area contributed by atoms with Crippen LogP contribution in [0.2, 0.25) is 0 Å². The molecule has 1 saturated carbocycles. The lowest BCUT2D eigenvalue weighted by atomic mass is 10.3. The molecule has 1 fully saturated rings. The molecule has 1 aliphatic carbocycles. The number of nitrogens with one attached hydrogen (secondary N) is 1. The van der Waals surface area contributed by atoms with Crippen LogP contribution in [0.4, 0.5) is 0 Å². The van der Waals surface area contributed by atoms with Crippen molar-refractivity contribution in [2.24, 2.45) is 5.92 Å². The van der Waals surface area contributed by atoms with Crippen LogP contribution < -0.4 is 5.32 Å². The van der Waals surface area contributed by atoms with Gasteiger partial charge in [-0.3, -0.25) is 0 Å². The predicted molar refractivity (Wildman–Crippen MR) is 71.6 cm³/mol. The fourth-order valence-corrected chi connectivity index (χ4v) is 2.51. The van der Waals surface area contributed by atoms with Gasteiger partial charge in [-0.1, -0.05) is 0 Å². The summed E-state index contributed by atoms with van der Waals surface area (Å²) in [5, 5.41) is 3.45. The molecule has 0 atom stereocenters. The maximum absolute atomic E-state index is 5.58. The highest BCUT2D eigenvalue weighted by Crippen LogP contribution is 2.28. The number of aryl methyl sites for hydroxylation is 1. The summed E-state index contributed by atoms with van der Waals surface area (Å²) in [6.07, 6.45) is 4.98. The van der Waals surface area contributed by atoms with Gasteiger partial charge in [-0.2, -0.15) is 0 Å². The van der Waals surface area contributed by atoms with E-state index in [1.54, 1.807) is 11.3 Å². The number of aromatic nitrogens is 1. The molecule has 3 nitrogen and oxygen atoms in total. The number of thiazole rings is 1. The first-order valence-electron chi connectivity index (χ1n) is 6.53. The molecule has 1 aliphatic rings. The van der Waals surface area contributed by atoms with E-state index in [-0.39, 0.29) is 0 Å². The Hall–Kier alpha value is -0.450. The molecule has 4 heteroatoms. The topological polar surface area (TPSA) is 34.2 Å². The fraction of sp³-hybridized carbons (Fsp3) is 0.769. The first kappa shape index (κ1) is 13.0. The minimum absolute atomic E-state index is 0.886. The van der Waals surface area contributed by atoms with Crippen molar-refractivity contribution in [1.82, 2.24) is 10.3 Å². The Morgan fingerprint density at radius 2 is 2.35 bits per heavy atom. The Morgan fingerprint density at radius 1 is 1.47 bits per heavy atom. The zero-order chi connectivity index (χ0) is 11.9. The molecule has 1 aromatic heterocycles. The van der Waals surface area contributed by atoms with E-state index < -0.39 is 0 Å². The third-order valence-corrected chi connectivity index (χ3v) is 4.06. The summed E-state index contributed by atoms with van der Waals surface area (Å²) in [4.78, 5) is 5.65. The van der Waals surface area contributed by atoms with Gasteiger partial charge in [0.1, 0.15) is 0 Å². The summed E-state index contributed by atoms with van der Waals surface area (Å²) in [6, 6.07) is 0. The van der Waals surface area contributed by atoms with Gasteiger partial charge in [-0.25, -0.2) is 4.98 Å². The van der Waals surface area contributed by atoms with Gasteiger partial charge in [0.05, 0.1) is 11.2 Å². The van der Waals surface area contributed by atoms with Gasteiger partial charge >= 0.3 is 0 Å². The Kier molecular flexibility index (Phi) is 5.42. The lowest BCUT2D eigenvalue weighted by molar-refractivity contribution is 0.122. The van der Waals surface area contributed by atoms with Gasteiger partial charge in [-0.15, -0.1) is 11.3 Å². The SMILES string of the molecule is Cc1ncsc1CCNCCCOCC1CC1. The second kappa shape index (κ2) is 7.09. The second-order valence-electron chi connectivity index (χ2n) is 4.73. The van der Waals surface area contributed by atoms with Crippen LogP contribution in [0.15, 0.2) is 5.51 Å². The Bertz CT molecular complexity index is 323. The molecule has 1 heterocycles. The minimum atomic E-state index is 0.886. The third kappa shape index (κ3) is 5.15. The third-order valence-electron chi connectivity index (χ3n) is 3.07. The summed E-state index contributed by atoms with van der Waals surface area (Å²) in [7, 11) is 0. The van der Waals surface area contributed by atoms with Gasteiger partial charge in [0.15, 0.2) is 0 Å². The number of ether oxygens (including phenoxy) is 1. The molecule has 0 saturated heterocycles. The lowest BCUT2D eigenvalue weighted by Crippen LogP contribution is -2.19. The number of hydrogen-bond acceptors (Lipinski definition) is 4. The Labute approximate surface area is 108 Å². The van der Waals surface area contributed by atoms with Crippen LogP contribution >= 0.6 is 11.3 Å². The normalized spacial score (nSPS) is 15.4. The van der Waals surface area contributed by atoms with E-state index in [9.17, 15) is 0 Å². The van der Waals surface area contributed by atoms with Crippen molar-refractivity contribution in [3.63, 3.8) is 0 Å². The van der Waals surface area contributed by atoms with Crippen molar-refractivity contribution < 1.29 is 4.74 Å². The second-order valence-corrected chi connectivity index (χ2v) is 5.67. The van der Waals surface area contributed by atoms with Crippen LogP contribution in [0.25, 0.3) is 0 Å². The molecule has 2 rings (SSSR count). The highest BCUT2D eigenvalue weighted by molar-refractivity contribution is 7.09. The lowest BCUT2D eigenvalue weighted by Gasteiger charge is -2.05. The van der Waals surface area contributed by atoms with E-state index in [1.807, 2.05) is 5.51 Å². The highest BCUT2D eigenvalue weighted by Gasteiger charge is 2.20. The average molecular weight is 254 g/mol.